The van der Waals surface area contributed by atoms with Crippen LogP contribution in [-0.2, 0) is 9.47 Å². The SMILES string of the molecule is CCO[C@H]1CO[C@]2(CCCN(C(=O)c3ccnnc3)C2)C1. The minimum absolute atomic E-state index is 0.00688. The van der Waals surface area contributed by atoms with Crippen molar-refractivity contribution in [2.45, 2.75) is 37.9 Å². The Morgan fingerprint density at radius 2 is 2.48 bits per heavy atom. The predicted molar refractivity (Wildman–Crippen MR) is 75.9 cm³/mol. The van der Waals surface area contributed by atoms with Crippen molar-refractivity contribution in [3.63, 3.8) is 0 Å². The molecular formula is C15H21N3O3. The van der Waals surface area contributed by atoms with E-state index in [1.54, 1.807) is 12.3 Å². The molecule has 3 heterocycles. The molecule has 2 aliphatic heterocycles. The summed E-state index contributed by atoms with van der Waals surface area (Å²) in [5, 5.41) is 7.49. The average molecular weight is 291 g/mol. The first-order valence-electron chi connectivity index (χ1n) is 7.54. The van der Waals surface area contributed by atoms with E-state index in [0.717, 1.165) is 25.8 Å². The second kappa shape index (κ2) is 6.07. The fraction of sp³-hybridized carbons (Fsp3) is 0.667. The number of ether oxygens (including phenoxy) is 2. The van der Waals surface area contributed by atoms with Crippen LogP contribution in [0.15, 0.2) is 18.5 Å². The summed E-state index contributed by atoms with van der Waals surface area (Å²) < 4.78 is 11.7. The molecule has 0 radical (unpaired) electrons. The number of hydrogen-bond donors (Lipinski definition) is 0. The summed E-state index contributed by atoms with van der Waals surface area (Å²) in [4.78, 5) is 14.4. The van der Waals surface area contributed by atoms with E-state index < -0.39 is 0 Å². The number of piperidine rings is 1. The van der Waals surface area contributed by atoms with Gasteiger partial charge in [-0.2, -0.15) is 10.2 Å². The number of carbonyl (C=O) groups is 1. The third-order valence-corrected chi connectivity index (χ3v) is 4.24. The van der Waals surface area contributed by atoms with Gasteiger partial charge < -0.3 is 14.4 Å². The van der Waals surface area contributed by atoms with Crippen LogP contribution in [0, 0.1) is 0 Å². The van der Waals surface area contributed by atoms with Crippen molar-refractivity contribution in [2.75, 3.05) is 26.3 Å². The molecule has 2 atom stereocenters. The summed E-state index contributed by atoms with van der Waals surface area (Å²) in [5.74, 6) is 0.00688. The van der Waals surface area contributed by atoms with Crippen LogP contribution >= 0.6 is 0 Å². The molecule has 6 nitrogen and oxygen atoms in total. The fourth-order valence-corrected chi connectivity index (χ4v) is 3.30. The second-order valence-corrected chi connectivity index (χ2v) is 5.74. The van der Waals surface area contributed by atoms with Crippen molar-refractivity contribution < 1.29 is 14.3 Å². The molecule has 2 fully saturated rings. The van der Waals surface area contributed by atoms with Crippen LogP contribution in [0.1, 0.15) is 36.5 Å². The van der Waals surface area contributed by atoms with Crippen LogP contribution in [0.3, 0.4) is 0 Å². The van der Waals surface area contributed by atoms with Gasteiger partial charge >= 0.3 is 0 Å². The highest BCUT2D eigenvalue weighted by Gasteiger charge is 2.44. The summed E-state index contributed by atoms with van der Waals surface area (Å²) >= 11 is 0. The van der Waals surface area contributed by atoms with E-state index in [-0.39, 0.29) is 17.6 Å². The topological polar surface area (TPSA) is 64.6 Å². The van der Waals surface area contributed by atoms with Gasteiger partial charge in [0, 0.05) is 19.6 Å². The normalized spacial score (nSPS) is 29.0. The van der Waals surface area contributed by atoms with Gasteiger partial charge in [0.1, 0.15) is 0 Å². The van der Waals surface area contributed by atoms with Gasteiger partial charge in [-0.15, -0.1) is 0 Å². The van der Waals surface area contributed by atoms with Gasteiger partial charge in [0.25, 0.3) is 5.91 Å². The molecule has 1 amide bonds. The number of rotatable bonds is 3. The highest BCUT2D eigenvalue weighted by atomic mass is 16.6. The van der Waals surface area contributed by atoms with E-state index in [1.807, 2.05) is 11.8 Å². The van der Waals surface area contributed by atoms with Gasteiger partial charge in [-0.05, 0) is 25.8 Å². The van der Waals surface area contributed by atoms with E-state index >= 15 is 0 Å². The first-order chi connectivity index (χ1) is 10.2. The molecule has 1 aromatic rings. The fourth-order valence-electron chi connectivity index (χ4n) is 3.30. The van der Waals surface area contributed by atoms with Crippen molar-refractivity contribution in [3.8, 4) is 0 Å². The largest absolute Gasteiger partial charge is 0.376 e. The Labute approximate surface area is 124 Å². The van der Waals surface area contributed by atoms with Crippen molar-refractivity contribution in [1.29, 1.82) is 0 Å². The first-order valence-corrected chi connectivity index (χ1v) is 7.54. The second-order valence-electron chi connectivity index (χ2n) is 5.74. The molecule has 0 N–H and O–H groups in total. The zero-order chi connectivity index (χ0) is 14.7. The molecule has 21 heavy (non-hydrogen) atoms. The molecule has 2 aliphatic rings. The quantitative estimate of drug-likeness (QED) is 0.839. The van der Waals surface area contributed by atoms with Crippen molar-refractivity contribution in [3.05, 3.63) is 24.0 Å². The minimum Gasteiger partial charge on any atom is -0.376 e. The summed E-state index contributed by atoms with van der Waals surface area (Å²) in [6.07, 6.45) is 6.05. The van der Waals surface area contributed by atoms with E-state index in [0.29, 0.717) is 25.3 Å². The van der Waals surface area contributed by atoms with Crippen molar-refractivity contribution in [1.82, 2.24) is 15.1 Å². The van der Waals surface area contributed by atoms with Crippen LogP contribution in [0.2, 0.25) is 0 Å². The molecule has 0 aliphatic carbocycles. The minimum atomic E-state index is -0.228. The van der Waals surface area contributed by atoms with Crippen molar-refractivity contribution in [2.24, 2.45) is 0 Å². The van der Waals surface area contributed by atoms with Gasteiger partial charge in [0.05, 0.1) is 42.8 Å². The average Bonchev–Trinajstić information content (AvgIpc) is 2.90. The molecule has 0 bridgehead atoms. The van der Waals surface area contributed by atoms with Crippen LogP contribution in [0.5, 0.6) is 0 Å². The molecule has 1 spiro atoms. The zero-order valence-corrected chi connectivity index (χ0v) is 12.3. The predicted octanol–water partition coefficient (Wildman–Crippen LogP) is 1.28. The standard InChI is InChI=1S/C15H21N3O3/c1-2-20-13-8-15(21-10-13)5-3-7-18(11-15)14(19)12-4-6-16-17-9-12/h4,6,9,13H,2-3,5,7-8,10-11H2,1H3/t13-,15-/m1/s1. The van der Waals surface area contributed by atoms with E-state index in [4.69, 9.17) is 9.47 Å². The van der Waals surface area contributed by atoms with Gasteiger partial charge in [0.15, 0.2) is 0 Å². The monoisotopic (exact) mass is 291 g/mol. The van der Waals surface area contributed by atoms with E-state index in [2.05, 4.69) is 10.2 Å². The van der Waals surface area contributed by atoms with Crippen molar-refractivity contribution >= 4 is 5.91 Å². The Morgan fingerprint density at radius 1 is 1.57 bits per heavy atom. The molecule has 1 aromatic heterocycles. The lowest BCUT2D eigenvalue weighted by Gasteiger charge is -2.39. The van der Waals surface area contributed by atoms with Crippen LogP contribution in [0.25, 0.3) is 0 Å². The Hall–Kier alpha value is -1.53. The summed E-state index contributed by atoms with van der Waals surface area (Å²) in [7, 11) is 0. The van der Waals surface area contributed by atoms with Gasteiger partial charge in [-0.3, -0.25) is 4.79 Å². The van der Waals surface area contributed by atoms with Gasteiger partial charge in [-0.25, -0.2) is 0 Å². The number of amides is 1. The lowest BCUT2D eigenvalue weighted by molar-refractivity contribution is -0.0462. The maximum Gasteiger partial charge on any atom is 0.255 e. The Morgan fingerprint density at radius 3 is 3.24 bits per heavy atom. The van der Waals surface area contributed by atoms with Crippen LogP contribution < -0.4 is 0 Å². The van der Waals surface area contributed by atoms with Crippen LogP contribution in [-0.4, -0.2) is 59.0 Å². The van der Waals surface area contributed by atoms with Gasteiger partial charge in [-0.1, -0.05) is 0 Å². The lowest BCUT2D eigenvalue weighted by Crippen LogP contribution is -2.50. The Bertz CT molecular complexity index is 496. The molecular weight excluding hydrogens is 270 g/mol. The molecule has 3 rings (SSSR count). The summed E-state index contributed by atoms with van der Waals surface area (Å²) in [5.41, 5.74) is 0.357. The van der Waals surface area contributed by atoms with E-state index in [9.17, 15) is 4.79 Å². The molecule has 0 aromatic carbocycles. The Balaban J connectivity index is 1.68. The molecule has 114 valence electrons. The highest BCUT2D eigenvalue weighted by molar-refractivity contribution is 5.93. The maximum atomic E-state index is 12.5. The number of likely N-dealkylation sites (tertiary alicyclic amines) is 1. The maximum absolute atomic E-state index is 12.5. The number of nitrogens with zero attached hydrogens (tertiary/aromatic N) is 3. The molecule has 0 saturated carbocycles. The van der Waals surface area contributed by atoms with Crippen LogP contribution in [0.4, 0.5) is 0 Å². The summed E-state index contributed by atoms with van der Waals surface area (Å²) in [6.45, 7) is 4.74. The number of hydrogen-bond acceptors (Lipinski definition) is 5. The smallest absolute Gasteiger partial charge is 0.255 e. The third kappa shape index (κ3) is 3.06. The van der Waals surface area contributed by atoms with Gasteiger partial charge in [0.2, 0.25) is 0 Å². The number of aromatic nitrogens is 2. The molecule has 2 saturated heterocycles. The molecule has 6 heteroatoms. The third-order valence-electron chi connectivity index (χ3n) is 4.24. The van der Waals surface area contributed by atoms with E-state index in [1.165, 1.54) is 6.20 Å². The zero-order valence-electron chi connectivity index (χ0n) is 12.3. The lowest BCUT2D eigenvalue weighted by atomic mass is 9.89. The highest BCUT2D eigenvalue weighted by Crippen LogP contribution is 2.36. The first kappa shape index (κ1) is 14.4. The summed E-state index contributed by atoms with van der Waals surface area (Å²) in [6, 6.07) is 1.70. The Kier molecular flexibility index (Phi) is 4.17. The number of carbonyl (C=O) groups excluding carboxylic acids is 1. The molecule has 0 unspecified atom stereocenters.